The molecule has 1 aliphatic carbocycles. The molecule has 100 valence electrons. The third-order valence-electron chi connectivity index (χ3n) is 3.22. The second kappa shape index (κ2) is 5.06. The molecule has 0 bridgehead atoms. The third-order valence-corrected chi connectivity index (χ3v) is 5.07. The van der Waals surface area contributed by atoms with Crippen LogP contribution in [0, 0.1) is 0 Å². The standard InChI is InChI=1S/C12H18N2O3S/c1-17-12-7-6-9(13)8-11(12)14-18(15,16)10-4-2-3-5-10/h6-8,10,14H,2-5,13H2,1H3. The van der Waals surface area contributed by atoms with Gasteiger partial charge in [-0.2, -0.15) is 0 Å². The summed E-state index contributed by atoms with van der Waals surface area (Å²) in [5, 5.41) is -0.302. The van der Waals surface area contributed by atoms with Crippen LogP contribution in [0.25, 0.3) is 0 Å². The highest BCUT2D eigenvalue weighted by Crippen LogP contribution is 2.31. The van der Waals surface area contributed by atoms with Crippen molar-refractivity contribution in [2.75, 3.05) is 17.6 Å². The van der Waals surface area contributed by atoms with Crippen molar-refractivity contribution < 1.29 is 13.2 Å². The maximum Gasteiger partial charge on any atom is 0.235 e. The van der Waals surface area contributed by atoms with Crippen LogP contribution in [0.2, 0.25) is 0 Å². The van der Waals surface area contributed by atoms with Crippen molar-refractivity contribution in [2.45, 2.75) is 30.9 Å². The average molecular weight is 270 g/mol. The largest absolute Gasteiger partial charge is 0.495 e. The molecule has 0 aliphatic heterocycles. The highest BCUT2D eigenvalue weighted by molar-refractivity contribution is 7.93. The first-order valence-electron chi connectivity index (χ1n) is 5.98. The Morgan fingerprint density at radius 1 is 1.33 bits per heavy atom. The van der Waals surface area contributed by atoms with Crippen LogP contribution in [0.4, 0.5) is 11.4 Å². The van der Waals surface area contributed by atoms with Gasteiger partial charge in [-0.15, -0.1) is 0 Å². The van der Waals surface area contributed by atoms with Gasteiger partial charge in [0.25, 0.3) is 0 Å². The van der Waals surface area contributed by atoms with Crippen molar-refractivity contribution in [3.63, 3.8) is 0 Å². The lowest BCUT2D eigenvalue weighted by atomic mass is 10.2. The Bertz CT molecular complexity index is 522. The van der Waals surface area contributed by atoms with Crippen LogP contribution in [0.3, 0.4) is 0 Å². The van der Waals surface area contributed by atoms with Crippen molar-refractivity contribution >= 4 is 21.4 Å². The number of hydrogen-bond donors (Lipinski definition) is 2. The molecule has 2 rings (SSSR count). The summed E-state index contributed by atoms with van der Waals surface area (Å²) in [7, 11) is -1.85. The molecule has 0 heterocycles. The number of rotatable bonds is 4. The van der Waals surface area contributed by atoms with E-state index in [9.17, 15) is 8.42 Å². The molecule has 3 N–H and O–H groups in total. The van der Waals surface area contributed by atoms with E-state index in [0.717, 1.165) is 25.7 Å². The van der Waals surface area contributed by atoms with Crippen molar-refractivity contribution in [3.8, 4) is 5.75 Å². The molecule has 1 aromatic carbocycles. The van der Waals surface area contributed by atoms with Crippen LogP contribution in [0.15, 0.2) is 18.2 Å². The number of ether oxygens (including phenoxy) is 1. The molecular formula is C12H18N2O3S. The van der Waals surface area contributed by atoms with Crippen LogP contribution in [-0.4, -0.2) is 20.8 Å². The van der Waals surface area contributed by atoms with Gasteiger partial charge in [-0.05, 0) is 31.0 Å². The van der Waals surface area contributed by atoms with E-state index in [1.54, 1.807) is 18.2 Å². The van der Waals surface area contributed by atoms with Crippen molar-refractivity contribution in [1.29, 1.82) is 0 Å². The fraction of sp³-hybridized carbons (Fsp3) is 0.500. The lowest BCUT2D eigenvalue weighted by Gasteiger charge is -2.16. The molecule has 1 aromatic rings. The fourth-order valence-electron chi connectivity index (χ4n) is 2.24. The van der Waals surface area contributed by atoms with E-state index in [-0.39, 0.29) is 5.25 Å². The molecule has 1 fully saturated rings. The van der Waals surface area contributed by atoms with E-state index in [1.165, 1.54) is 7.11 Å². The van der Waals surface area contributed by atoms with Gasteiger partial charge in [-0.25, -0.2) is 8.42 Å². The first-order chi connectivity index (χ1) is 8.53. The molecule has 0 amide bonds. The fourth-order valence-corrected chi connectivity index (χ4v) is 3.83. The molecule has 18 heavy (non-hydrogen) atoms. The molecule has 1 aliphatic rings. The summed E-state index contributed by atoms with van der Waals surface area (Å²) in [4.78, 5) is 0. The van der Waals surface area contributed by atoms with Gasteiger partial charge in [0.05, 0.1) is 18.0 Å². The first kappa shape index (κ1) is 13.0. The van der Waals surface area contributed by atoms with Crippen LogP contribution >= 0.6 is 0 Å². The zero-order chi connectivity index (χ0) is 13.2. The Hall–Kier alpha value is -1.43. The topological polar surface area (TPSA) is 81.4 Å². The second-order valence-electron chi connectivity index (χ2n) is 4.51. The predicted molar refractivity (Wildman–Crippen MR) is 72.2 cm³/mol. The molecule has 0 spiro atoms. The van der Waals surface area contributed by atoms with E-state index in [1.807, 2.05) is 0 Å². The third kappa shape index (κ3) is 2.69. The molecule has 5 nitrogen and oxygen atoms in total. The van der Waals surface area contributed by atoms with Gasteiger partial charge in [-0.1, -0.05) is 12.8 Å². The lowest BCUT2D eigenvalue weighted by molar-refractivity contribution is 0.417. The summed E-state index contributed by atoms with van der Waals surface area (Å²) in [6.07, 6.45) is 3.39. The van der Waals surface area contributed by atoms with Gasteiger partial charge in [0, 0.05) is 5.69 Å². The quantitative estimate of drug-likeness (QED) is 0.819. The number of nitrogen functional groups attached to an aromatic ring is 1. The summed E-state index contributed by atoms with van der Waals surface area (Å²) < 4.78 is 32.1. The minimum absolute atomic E-state index is 0.302. The summed E-state index contributed by atoms with van der Waals surface area (Å²) in [5.41, 5.74) is 6.57. The van der Waals surface area contributed by atoms with E-state index in [2.05, 4.69) is 4.72 Å². The molecule has 0 radical (unpaired) electrons. The molecule has 0 saturated heterocycles. The zero-order valence-corrected chi connectivity index (χ0v) is 11.2. The Balaban J connectivity index is 2.25. The van der Waals surface area contributed by atoms with Crippen molar-refractivity contribution in [1.82, 2.24) is 0 Å². The SMILES string of the molecule is COc1ccc(N)cc1NS(=O)(=O)C1CCCC1. The number of methoxy groups -OCH3 is 1. The van der Waals surface area contributed by atoms with Gasteiger partial charge < -0.3 is 10.5 Å². The maximum atomic E-state index is 12.2. The van der Waals surface area contributed by atoms with Gasteiger partial charge in [0.1, 0.15) is 5.75 Å². The number of nitrogens with two attached hydrogens (primary N) is 1. The number of hydrogen-bond acceptors (Lipinski definition) is 4. The van der Waals surface area contributed by atoms with E-state index in [0.29, 0.717) is 17.1 Å². The zero-order valence-electron chi connectivity index (χ0n) is 10.3. The van der Waals surface area contributed by atoms with Crippen molar-refractivity contribution in [2.24, 2.45) is 0 Å². The number of anilines is 2. The molecular weight excluding hydrogens is 252 g/mol. The monoisotopic (exact) mass is 270 g/mol. The van der Waals surface area contributed by atoms with Crippen LogP contribution in [-0.2, 0) is 10.0 Å². The molecule has 6 heteroatoms. The summed E-state index contributed by atoms with van der Waals surface area (Å²) in [5.74, 6) is 0.478. The highest BCUT2D eigenvalue weighted by Gasteiger charge is 2.29. The van der Waals surface area contributed by atoms with Crippen LogP contribution < -0.4 is 15.2 Å². The van der Waals surface area contributed by atoms with Gasteiger partial charge in [0.15, 0.2) is 0 Å². The Morgan fingerprint density at radius 3 is 2.61 bits per heavy atom. The van der Waals surface area contributed by atoms with Gasteiger partial charge >= 0.3 is 0 Å². The molecule has 1 saturated carbocycles. The molecule has 0 atom stereocenters. The van der Waals surface area contributed by atoms with Gasteiger partial charge in [-0.3, -0.25) is 4.72 Å². The second-order valence-corrected chi connectivity index (χ2v) is 6.47. The summed E-state index contributed by atoms with van der Waals surface area (Å²) >= 11 is 0. The highest BCUT2D eigenvalue weighted by atomic mass is 32.2. The first-order valence-corrected chi connectivity index (χ1v) is 7.53. The number of sulfonamides is 1. The summed E-state index contributed by atoms with van der Waals surface area (Å²) in [6, 6.07) is 4.90. The maximum absolute atomic E-state index is 12.2. The predicted octanol–water partition coefficient (Wildman–Crippen LogP) is 1.96. The summed E-state index contributed by atoms with van der Waals surface area (Å²) in [6.45, 7) is 0. The Labute approximate surface area is 107 Å². The number of benzene rings is 1. The lowest BCUT2D eigenvalue weighted by Crippen LogP contribution is -2.25. The Kier molecular flexibility index (Phi) is 3.65. The molecule has 0 unspecified atom stereocenters. The van der Waals surface area contributed by atoms with Crippen LogP contribution in [0.1, 0.15) is 25.7 Å². The van der Waals surface area contributed by atoms with E-state index >= 15 is 0 Å². The number of nitrogens with one attached hydrogen (secondary N) is 1. The minimum Gasteiger partial charge on any atom is -0.495 e. The van der Waals surface area contributed by atoms with Gasteiger partial charge in [0.2, 0.25) is 10.0 Å². The normalized spacial score (nSPS) is 16.7. The molecule has 0 aromatic heterocycles. The van der Waals surface area contributed by atoms with Crippen molar-refractivity contribution in [3.05, 3.63) is 18.2 Å². The minimum atomic E-state index is -3.35. The van der Waals surface area contributed by atoms with E-state index in [4.69, 9.17) is 10.5 Å². The Morgan fingerprint density at radius 2 is 2.00 bits per heavy atom. The average Bonchev–Trinajstić information content (AvgIpc) is 2.83. The van der Waals surface area contributed by atoms with E-state index < -0.39 is 10.0 Å². The smallest absolute Gasteiger partial charge is 0.235 e. The van der Waals surface area contributed by atoms with Crippen LogP contribution in [0.5, 0.6) is 5.75 Å².